The molecule has 0 aliphatic rings. The number of aliphatic carboxylic acids is 1. The van der Waals surface area contributed by atoms with Crippen molar-refractivity contribution < 1.29 is 58.9 Å². The van der Waals surface area contributed by atoms with Crippen molar-refractivity contribution in [3.05, 3.63) is 99.9 Å². The van der Waals surface area contributed by atoms with E-state index >= 15 is 0 Å². The molecule has 0 saturated heterocycles. The van der Waals surface area contributed by atoms with E-state index < -0.39 is 59.8 Å². The lowest BCUT2D eigenvalue weighted by molar-refractivity contribution is -0.143. The third-order valence-corrected chi connectivity index (χ3v) is 7.99. The van der Waals surface area contributed by atoms with Gasteiger partial charge >= 0.3 is 24.5 Å². The molecule has 3 aromatic carbocycles. The topological polar surface area (TPSA) is 84.8 Å². The molecule has 0 atom stereocenters. The van der Waals surface area contributed by atoms with E-state index in [-0.39, 0.29) is 54.3 Å². The number of hydrogen-bond donors (Lipinski definition) is 1. The number of halogens is 9. The third-order valence-electron chi connectivity index (χ3n) is 7.99. The van der Waals surface area contributed by atoms with Gasteiger partial charge in [0, 0.05) is 25.1 Å². The number of ether oxygens (including phenoxy) is 2. The number of benzene rings is 3. The lowest BCUT2D eigenvalue weighted by atomic mass is 9.89. The van der Waals surface area contributed by atoms with Gasteiger partial charge in [0.25, 0.3) is 0 Å². The van der Waals surface area contributed by atoms with Crippen molar-refractivity contribution in [1.82, 2.24) is 9.97 Å². The van der Waals surface area contributed by atoms with Gasteiger partial charge in [-0.2, -0.15) is 39.5 Å². The van der Waals surface area contributed by atoms with Gasteiger partial charge in [0.15, 0.2) is 5.75 Å². The molecule has 280 valence electrons. The maximum absolute atomic E-state index is 14.2. The van der Waals surface area contributed by atoms with Gasteiger partial charge in [-0.1, -0.05) is 19.9 Å². The quantitative estimate of drug-likeness (QED) is 0.108. The van der Waals surface area contributed by atoms with Crippen LogP contribution in [0.1, 0.15) is 71.6 Å². The number of carboxylic acids is 1. The van der Waals surface area contributed by atoms with E-state index in [4.69, 9.17) is 14.6 Å². The molecule has 1 heterocycles. The molecule has 0 aliphatic heterocycles. The standard InChI is InChI=1S/C36H34F9N3O4/c1-20(2)23-7-8-30(51-4)29(14-23)32-21(3)10-25(34(37,38)39)13-24(32)19-48(33-46-16-28(17-47-33)52-9-5-6-31(49)50)18-22-11-26(35(40,41)42)15-27(12-22)36(43,44)45/h7-8,10-17,20H,5-6,9,18-19H2,1-4H3,(H,49,50). The Morgan fingerprint density at radius 3 is 1.92 bits per heavy atom. The number of hydrogen-bond acceptors (Lipinski definition) is 6. The van der Waals surface area contributed by atoms with Crippen LogP contribution in [-0.4, -0.2) is 34.8 Å². The van der Waals surface area contributed by atoms with Crippen molar-refractivity contribution in [1.29, 1.82) is 0 Å². The van der Waals surface area contributed by atoms with Crippen molar-refractivity contribution >= 4 is 11.9 Å². The number of carboxylic acid groups (broad SMARTS) is 1. The molecule has 0 fully saturated rings. The van der Waals surface area contributed by atoms with Gasteiger partial charge in [0.2, 0.25) is 5.95 Å². The number of methoxy groups -OCH3 is 1. The van der Waals surface area contributed by atoms with E-state index in [1.807, 2.05) is 13.8 Å². The number of anilines is 1. The second kappa shape index (κ2) is 15.7. The van der Waals surface area contributed by atoms with Gasteiger partial charge < -0.3 is 19.5 Å². The Hall–Kier alpha value is -5.02. The van der Waals surface area contributed by atoms with Crippen LogP contribution in [0.15, 0.2) is 60.9 Å². The Kier molecular flexibility index (Phi) is 12.0. The van der Waals surface area contributed by atoms with E-state index in [9.17, 15) is 44.3 Å². The van der Waals surface area contributed by atoms with Gasteiger partial charge in [-0.15, -0.1) is 0 Å². The van der Waals surface area contributed by atoms with Gasteiger partial charge in [-0.3, -0.25) is 4.79 Å². The second-order valence-electron chi connectivity index (χ2n) is 12.3. The highest BCUT2D eigenvalue weighted by Crippen LogP contribution is 2.42. The summed E-state index contributed by atoms with van der Waals surface area (Å²) in [4.78, 5) is 20.3. The summed E-state index contributed by atoms with van der Waals surface area (Å²) in [7, 11) is 1.38. The van der Waals surface area contributed by atoms with Crippen LogP contribution >= 0.6 is 0 Å². The maximum Gasteiger partial charge on any atom is 0.416 e. The van der Waals surface area contributed by atoms with E-state index in [0.717, 1.165) is 35.0 Å². The zero-order valence-electron chi connectivity index (χ0n) is 28.3. The first-order chi connectivity index (χ1) is 24.2. The molecule has 1 aromatic heterocycles. The number of nitrogens with zero attached hydrogens (tertiary/aromatic N) is 3. The van der Waals surface area contributed by atoms with Crippen LogP contribution in [-0.2, 0) is 36.4 Å². The first-order valence-electron chi connectivity index (χ1n) is 15.8. The fraction of sp³-hybridized carbons (Fsp3) is 0.361. The average Bonchev–Trinajstić information content (AvgIpc) is 3.05. The molecule has 4 rings (SSSR count). The summed E-state index contributed by atoms with van der Waals surface area (Å²) in [5.74, 6) is -0.923. The molecule has 7 nitrogen and oxygen atoms in total. The predicted octanol–water partition coefficient (Wildman–Crippen LogP) is 10.1. The lowest BCUT2D eigenvalue weighted by Crippen LogP contribution is -2.26. The predicted molar refractivity (Wildman–Crippen MR) is 173 cm³/mol. The second-order valence-corrected chi connectivity index (χ2v) is 12.3. The summed E-state index contributed by atoms with van der Waals surface area (Å²) >= 11 is 0. The Balaban J connectivity index is 1.91. The highest BCUT2D eigenvalue weighted by atomic mass is 19.4. The molecule has 0 aliphatic carbocycles. The Bertz CT molecular complexity index is 1840. The summed E-state index contributed by atoms with van der Waals surface area (Å²) in [5, 5.41) is 8.83. The smallest absolute Gasteiger partial charge is 0.416 e. The molecule has 1 N–H and O–H groups in total. The minimum Gasteiger partial charge on any atom is -0.496 e. The van der Waals surface area contributed by atoms with Crippen LogP contribution < -0.4 is 14.4 Å². The van der Waals surface area contributed by atoms with Crippen LogP contribution in [0.5, 0.6) is 11.5 Å². The fourth-order valence-corrected chi connectivity index (χ4v) is 5.51. The van der Waals surface area contributed by atoms with Crippen LogP contribution in [0.2, 0.25) is 0 Å². The number of aromatic nitrogens is 2. The van der Waals surface area contributed by atoms with Crippen LogP contribution in [0.3, 0.4) is 0 Å². The van der Waals surface area contributed by atoms with E-state index in [2.05, 4.69) is 9.97 Å². The van der Waals surface area contributed by atoms with Crippen molar-refractivity contribution in [2.24, 2.45) is 0 Å². The summed E-state index contributed by atoms with van der Waals surface area (Å²) in [6, 6.07) is 8.03. The number of rotatable bonds is 13. The Morgan fingerprint density at radius 1 is 0.827 bits per heavy atom. The summed E-state index contributed by atoms with van der Waals surface area (Å²) < 4.78 is 136. The molecule has 0 spiro atoms. The first-order valence-corrected chi connectivity index (χ1v) is 15.8. The van der Waals surface area contributed by atoms with Crippen molar-refractivity contribution in [3.63, 3.8) is 0 Å². The molecule has 4 aromatic rings. The minimum absolute atomic E-state index is 0.00126. The highest BCUT2D eigenvalue weighted by molar-refractivity contribution is 5.78. The van der Waals surface area contributed by atoms with Crippen LogP contribution in [0.25, 0.3) is 11.1 Å². The fourth-order valence-electron chi connectivity index (χ4n) is 5.51. The lowest BCUT2D eigenvalue weighted by Gasteiger charge is -2.27. The SMILES string of the molecule is COc1ccc(C(C)C)cc1-c1c(C)cc(C(F)(F)F)cc1CN(Cc1cc(C(F)(F)F)cc(C(F)(F)F)c1)c1ncc(OCCCC(=O)O)cn1. The van der Waals surface area contributed by atoms with Gasteiger partial charge in [0.1, 0.15) is 5.75 Å². The van der Waals surface area contributed by atoms with Crippen LogP contribution in [0, 0.1) is 6.92 Å². The van der Waals surface area contributed by atoms with E-state index in [1.54, 1.807) is 18.2 Å². The molecule has 0 amide bonds. The number of alkyl halides is 9. The molecule has 0 saturated carbocycles. The monoisotopic (exact) mass is 743 g/mol. The molecule has 0 radical (unpaired) electrons. The Morgan fingerprint density at radius 2 is 1.40 bits per heavy atom. The van der Waals surface area contributed by atoms with E-state index in [0.29, 0.717) is 29.0 Å². The van der Waals surface area contributed by atoms with Crippen molar-refractivity contribution in [2.75, 3.05) is 18.6 Å². The largest absolute Gasteiger partial charge is 0.496 e. The Labute approximate surface area is 293 Å². The van der Waals surface area contributed by atoms with E-state index in [1.165, 1.54) is 14.0 Å². The highest BCUT2D eigenvalue weighted by Gasteiger charge is 2.37. The minimum atomic E-state index is -5.15. The van der Waals surface area contributed by atoms with Crippen LogP contribution in [0.4, 0.5) is 45.5 Å². The number of aryl methyl sites for hydroxylation is 1. The normalized spacial score (nSPS) is 12.3. The third kappa shape index (κ3) is 10.1. The average molecular weight is 744 g/mol. The summed E-state index contributed by atoms with van der Waals surface area (Å²) in [5.41, 5.74) is -2.93. The maximum atomic E-state index is 14.2. The molecular formula is C36H34F9N3O4. The van der Waals surface area contributed by atoms with Crippen molar-refractivity contribution in [2.45, 2.75) is 71.1 Å². The molecular weight excluding hydrogens is 709 g/mol. The van der Waals surface area contributed by atoms with Gasteiger partial charge in [-0.05, 0) is 89.5 Å². The zero-order chi connectivity index (χ0) is 38.6. The van der Waals surface area contributed by atoms with Crippen molar-refractivity contribution in [3.8, 4) is 22.6 Å². The van der Waals surface area contributed by atoms with Gasteiger partial charge in [0.05, 0.1) is 42.8 Å². The summed E-state index contributed by atoms with van der Waals surface area (Å²) in [6.45, 7) is 4.04. The first kappa shape index (κ1) is 39.8. The van der Waals surface area contributed by atoms with Gasteiger partial charge in [-0.25, -0.2) is 9.97 Å². The molecule has 16 heteroatoms. The molecule has 0 bridgehead atoms. The number of carbonyl (C=O) groups is 1. The molecule has 52 heavy (non-hydrogen) atoms. The zero-order valence-corrected chi connectivity index (χ0v) is 28.3. The molecule has 0 unspecified atom stereocenters. The summed E-state index contributed by atoms with van der Waals surface area (Å²) in [6.07, 6.45) is -12.9.